The molecule has 0 saturated heterocycles. The number of carbonyl (C=O) groups excluding carboxylic acids is 1. The third-order valence-electron chi connectivity index (χ3n) is 4.94. The number of nitrogens with zero attached hydrogens (tertiary/aromatic N) is 4. The van der Waals surface area contributed by atoms with Gasteiger partial charge in [0.15, 0.2) is 0 Å². The smallest absolute Gasteiger partial charge is 0.348 e. The van der Waals surface area contributed by atoms with Crippen molar-refractivity contribution in [2.45, 2.75) is 50.4 Å². The fourth-order valence-corrected chi connectivity index (χ4v) is 3.52. The summed E-state index contributed by atoms with van der Waals surface area (Å²) in [6, 6.07) is -0.374. The summed E-state index contributed by atoms with van der Waals surface area (Å²) in [6.07, 6.45) is 4.09. The van der Waals surface area contributed by atoms with Crippen LogP contribution in [0.2, 0.25) is 0 Å². The van der Waals surface area contributed by atoms with Crippen LogP contribution in [0, 0.1) is 0 Å². The molecule has 7 nitrogen and oxygen atoms in total. The van der Waals surface area contributed by atoms with Crippen LogP contribution < -0.4 is 10.6 Å². The number of amides is 1. The van der Waals surface area contributed by atoms with E-state index < -0.39 is 12.7 Å². The zero-order valence-electron chi connectivity index (χ0n) is 14.5. The lowest BCUT2D eigenvalue weighted by molar-refractivity contribution is -0.127. The van der Waals surface area contributed by atoms with Crippen molar-refractivity contribution in [1.82, 2.24) is 30.2 Å². The summed E-state index contributed by atoms with van der Waals surface area (Å²) >= 11 is 0. The average molecular weight is 380 g/mol. The molecule has 4 rings (SSSR count). The monoisotopic (exact) mass is 380 g/mol. The van der Waals surface area contributed by atoms with Gasteiger partial charge in [-0.25, -0.2) is 15.0 Å². The van der Waals surface area contributed by atoms with Crippen LogP contribution >= 0.6 is 0 Å². The van der Waals surface area contributed by atoms with Crippen LogP contribution in [0.5, 0.6) is 0 Å². The van der Waals surface area contributed by atoms with Gasteiger partial charge in [-0.3, -0.25) is 9.36 Å². The summed E-state index contributed by atoms with van der Waals surface area (Å²) in [5, 5.41) is 5.35. The van der Waals surface area contributed by atoms with Crippen LogP contribution in [0.25, 0.3) is 5.95 Å². The van der Waals surface area contributed by atoms with Crippen molar-refractivity contribution in [1.29, 1.82) is 0 Å². The number of rotatable bonds is 5. The van der Waals surface area contributed by atoms with Crippen LogP contribution in [0.4, 0.5) is 13.2 Å². The standard InChI is InChI=1S/C17H19F3N6O/c18-17(19,20)8-22-10-6-11(7-10)23-15(27)14-12-2-1-3-13(12)24-16(25-14)26-5-4-21-9-26/h4-5,9-11,22H,1-3,6-8H2,(H,23,27)/t10-,11-. The first-order chi connectivity index (χ1) is 12.9. The lowest BCUT2D eigenvalue weighted by Crippen LogP contribution is -2.54. The summed E-state index contributed by atoms with van der Waals surface area (Å²) in [5.74, 6) is 0.104. The lowest BCUT2D eigenvalue weighted by Gasteiger charge is -2.36. The van der Waals surface area contributed by atoms with Gasteiger partial charge in [-0.2, -0.15) is 13.2 Å². The summed E-state index contributed by atoms with van der Waals surface area (Å²) in [4.78, 5) is 25.7. The van der Waals surface area contributed by atoms with Crippen molar-refractivity contribution in [2.24, 2.45) is 0 Å². The molecule has 2 aromatic rings. The van der Waals surface area contributed by atoms with Gasteiger partial charge in [0.05, 0.1) is 6.54 Å². The highest BCUT2D eigenvalue weighted by Gasteiger charge is 2.35. The molecule has 1 fully saturated rings. The van der Waals surface area contributed by atoms with Crippen molar-refractivity contribution < 1.29 is 18.0 Å². The highest BCUT2D eigenvalue weighted by atomic mass is 19.4. The molecule has 144 valence electrons. The fraction of sp³-hybridized carbons (Fsp3) is 0.529. The SMILES string of the molecule is O=C(N[C@H]1C[C@H](NCC(F)(F)F)C1)c1nc(-n2ccnc2)nc2c1CCC2. The van der Waals surface area contributed by atoms with Gasteiger partial charge in [0.25, 0.3) is 5.91 Å². The van der Waals surface area contributed by atoms with E-state index >= 15 is 0 Å². The maximum atomic E-state index is 12.7. The van der Waals surface area contributed by atoms with Crippen LogP contribution in [0.1, 0.15) is 41.0 Å². The van der Waals surface area contributed by atoms with Crippen LogP contribution in [0.3, 0.4) is 0 Å². The number of nitrogens with one attached hydrogen (secondary N) is 2. The Morgan fingerprint density at radius 2 is 2.04 bits per heavy atom. The Balaban J connectivity index is 1.42. The number of halogens is 3. The molecule has 10 heteroatoms. The van der Waals surface area contributed by atoms with Crippen molar-refractivity contribution >= 4 is 5.91 Å². The number of hydrogen-bond acceptors (Lipinski definition) is 5. The van der Waals surface area contributed by atoms with Crippen molar-refractivity contribution in [3.05, 3.63) is 35.7 Å². The van der Waals surface area contributed by atoms with Crippen LogP contribution in [-0.2, 0) is 12.8 Å². The lowest BCUT2D eigenvalue weighted by atomic mass is 9.86. The van der Waals surface area contributed by atoms with Gasteiger partial charge in [-0.15, -0.1) is 0 Å². The molecule has 0 aromatic carbocycles. The van der Waals surface area contributed by atoms with Gasteiger partial charge in [-0.05, 0) is 32.1 Å². The number of fused-ring (bicyclic) bond motifs is 1. The summed E-state index contributed by atoms with van der Waals surface area (Å²) in [5.41, 5.74) is 2.09. The molecule has 27 heavy (non-hydrogen) atoms. The van der Waals surface area contributed by atoms with Crippen molar-refractivity contribution in [3.63, 3.8) is 0 Å². The van der Waals surface area contributed by atoms with Gasteiger partial charge in [0.2, 0.25) is 5.95 Å². The Labute approximate surface area is 153 Å². The molecule has 0 atom stereocenters. The first-order valence-corrected chi connectivity index (χ1v) is 8.88. The number of hydrogen-bond donors (Lipinski definition) is 2. The van der Waals surface area contributed by atoms with Crippen LogP contribution in [0.15, 0.2) is 18.7 Å². The predicted octanol–water partition coefficient (Wildman–Crippen LogP) is 1.56. The minimum Gasteiger partial charge on any atom is -0.348 e. The molecule has 1 saturated carbocycles. The molecule has 0 radical (unpaired) electrons. The summed E-state index contributed by atoms with van der Waals surface area (Å²) in [6.45, 7) is -1.01. The van der Waals surface area contributed by atoms with E-state index in [1.807, 2.05) is 0 Å². The minimum atomic E-state index is -4.22. The molecule has 0 unspecified atom stereocenters. The first-order valence-electron chi connectivity index (χ1n) is 8.88. The van der Waals surface area contributed by atoms with E-state index in [4.69, 9.17) is 0 Å². The number of alkyl halides is 3. The Hall–Kier alpha value is -2.49. The van der Waals surface area contributed by atoms with Gasteiger partial charge in [0.1, 0.15) is 12.0 Å². The average Bonchev–Trinajstić information content (AvgIpc) is 3.25. The van der Waals surface area contributed by atoms with E-state index in [1.54, 1.807) is 23.3 Å². The van der Waals surface area contributed by atoms with Crippen LogP contribution in [-0.4, -0.2) is 50.2 Å². The number of carbonyl (C=O) groups is 1. The molecule has 1 amide bonds. The molecule has 0 spiro atoms. The fourth-order valence-electron chi connectivity index (χ4n) is 3.52. The second-order valence-corrected chi connectivity index (χ2v) is 6.96. The van der Waals surface area contributed by atoms with Gasteiger partial charge < -0.3 is 10.6 Å². The quantitative estimate of drug-likeness (QED) is 0.823. The molecule has 2 aliphatic carbocycles. The Bertz CT molecular complexity index is 830. The van der Waals surface area contributed by atoms with Gasteiger partial charge in [-0.1, -0.05) is 0 Å². The number of aryl methyl sites for hydroxylation is 1. The molecular weight excluding hydrogens is 361 g/mol. The van der Waals surface area contributed by atoms with E-state index in [0.717, 1.165) is 30.5 Å². The van der Waals surface area contributed by atoms with E-state index in [0.29, 0.717) is 24.5 Å². The minimum absolute atomic E-state index is 0.146. The second-order valence-electron chi connectivity index (χ2n) is 6.96. The Morgan fingerprint density at radius 1 is 1.22 bits per heavy atom. The third-order valence-corrected chi connectivity index (χ3v) is 4.94. The van der Waals surface area contributed by atoms with Crippen molar-refractivity contribution in [2.75, 3.05) is 6.54 Å². The molecule has 2 aromatic heterocycles. The molecule has 2 N–H and O–H groups in total. The predicted molar refractivity (Wildman–Crippen MR) is 89.5 cm³/mol. The summed E-state index contributed by atoms with van der Waals surface area (Å²) < 4.78 is 38.3. The van der Waals surface area contributed by atoms with Gasteiger partial charge in [0, 0.05) is 35.7 Å². The van der Waals surface area contributed by atoms with Gasteiger partial charge >= 0.3 is 6.18 Å². The zero-order valence-corrected chi connectivity index (χ0v) is 14.5. The third kappa shape index (κ3) is 3.95. The number of aromatic nitrogens is 4. The topological polar surface area (TPSA) is 84.7 Å². The first kappa shape index (κ1) is 17.9. The maximum Gasteiger partial charge on any atom is 0.401 e. The molecular formula is C17H19F3N6O. The summed E-state index contributed by atoms with van der Waals surface area (Å²) in [7, 11) is 0. The van der Waals surface area contributed by atoms with E-state index in [2.05, 4.69) is 25.6 Å². The molecule has 2 heterocycles. The molecule has 2 aliphatic rings. The largest absolute Gasteiger partial charge is 0.401 e. The van der Waals surface area contributed by atoms with Crippen molar-refractivity contribution in [3.8, 4) is 5.95 Å². The highest BCUT2D eigenvalue weighted by molar-refractivity contribution is 5.94. The Kier molecular flexibility index (Phi) is 4.58. The second kappa shape index (κ2) is 6.91. The molecule has 0 bridgehead atoms. The Morgan fingerprint density at radius 3 is 2.74 bits per heavy atom. The zero-order chi connectivity index (χ0) is 19.0. The van der Waals surface area contributed by atoms with E-state index in [-0.39, 0.29) is 18.0 Å². The van der Waals surface area contributed by atoms with E-state index in [9.17, 15) is 18.0 Å². The number of imidazole rings is 1. The maximum absolute atomic E-state index is 12.7. The normalized spacial score (nSPS) is 21.6. The highest BCUT2D eigenvalue weighted by Crippen LogP contribution is 2.26. The molecule has 0 aliphatic heterocycles. The van der Waals surface area contributed by atoms with E-state index in [1.165, 1.54) is 0 Å².